The highest BCUT2D eigenvalue weighted by Gasteiger charge is 2.27. The van der Waals surface area contributed by atoms with Crippen LogP contribution in [0.15, 0.2) is 18.2 Å². The zero-order chi connectivity index (χ0) is 14.3. The Morgan fingerprint density at radius 2 is 1.95 bits per heavy atom. The fourth-order valence-electron chi connectivity index (χ4n) is 3.01. The first kappa shape index (κ1) is 13.8. The van der Waals surface area contributed by atoms with E-state index in [4.69, 9.17) is 28.9 Å². The van der Waals surface area contributed by atoms with Gasteiger partial charge in [-0.1, -0.05) is 42.1 Å². The van der Waals surface area contributed by atoms with Crippen molar-refractivity contribution in [3.8, 4) is 11.1 Å². The van der Waals surface area contributed by atoms with Gasteiger partial charge in [0.25, 0.3) is 0 Å². The van der Waals surface area contributed by atoms with Crippen LogP contribution in [0.5, 0.6) is 0 Å². The first-order valence-corrected chi connectivity index (χ1v) is 7.61. The minimum Gasteiger partial charge on any atom is -0.383 e. The number of halogens is 2. The molecule has 0 bridgehead atoms. The van der Waals surface area contributed by atoms with Crippen molar-refractivity contribution in [2.45, 2.75) is 31.6 Å². The van der Waals surface area contributed by atoms with Gasteiger partial charge in [-0.2, -0.15) is 5.10 Å². The van der Waals surface area contributed by atoms with Crippen LogP contribution in [0.2, 0.25) is 10.0 Å². The molecule has 1 aliphatic rings. The fourth-order valence-corrected chi connectivity index (χ4v) is 3.51. The molecule has 1 saturated carbocycles. The van der Waals surface area contributed by atoms with Crippen molar-refractivity contribution < 1.29 is 0 Å². The van der Waals surface area contributed by atoms with Crippen LogP contribution in [0.3, 0.4) is 0 Å². The van der Waals surface area contributed by atoms with E-state index < -0.39 is 0 Å². The molecule has 0 atom stereocenters. The molecule has 0 saturated heterocycles. The third-order valence-electron chi connectivity index (χ3n) is 4.06. The molecule has 0 amide bonds. The van der Waals surface area contributed by atoms with Crippen molar-refractivity contribution in [3.63, 3.8) is 0 Å². The molecular weight excluding hydrogens is 293 g/mol. The molecule has 20 heavy (non-hydrogen) atoms. The predicted molar refractivity (Wildman–Crippen MR) is 84.3 cm³/mol. The molecule has 0 spiro atoms. The number of nitrogen functional groups attached to an aromatic ring is 1. The summed E-state index contributed by atoms with van der Waals surface area (Å²) in [6.07, 6.45) is 4.87. The zero-order valence-electron chi connectivity index (χ0n) is 11.4. The summed E-state index contributed by atoms with van der Waals surface area (Å²) in [4.78, 5) is 0. The highest BCUT2D eigenvalue weighted by molar-refractivity contribution is 6.36. The van der Waals surface area contributed by atoms with Crippen LogP contribution in [-0.2, 0) is 7.05 Å². The Labute approximate surface area is 128 Å². The summed E-state index contributed by atoms with van der Waals surface area (Å²) in [5, 5.41) is 5.88. The van der Waals surface area contributed by atoms with Crippen molar-refractivity contribution in [2.24, 2.45) is 7.05 Å². The van der Waals surface area contributed by atoms with Gasteiger partial charge in [0.05, 0.1) is 10.7 Å². The first-order valence-electron chi connectivity index (χ1n) is 6.85. The van der Waals surface area contributed by atoms with Crippen molar-refractivity contribution >= 4 is 29.0 Å². The Morgan fingerprint density at radius 1 is 1.25 bits per heavy atom. The van der Waals surface area contributed by atoms with Gasteiger partial charge in [-0.3, -0.25) is 4.68 Å². The molecule has 1 aliphatic carbocycles. The summed E-state index contributed by atoms with van der Waals surface area (Å²) in [5.74, 6) is 1.15. The fraction of sp³-hybridized carbons (Fsp3) is 0.400. The van der Waals surface area contributed by atoms with E-state index >= 15 is 0 Å². The van der Waals surface area contributed by atoms with Crippen LogP contribution in [-0.4, -0.2) is 9.78 Å². The van der Waals surface area contributed by atoms with Gasteiger partial charge in [0.1, 0.15) is 5.82 Å². The summed E-state index contributed by atoms with van der Waals surface area (Å²) < 4.78 is 1.74. The zero-order valence-corrected chi connectivity index (χ0v) is 12.9. The molecule has 1 aromatic carbocycles. The topological polar surface area (TPSA) is 43.8 Å². The number of benzene rings is 1. The average Bonchev–Trinajstić information content (AvgIpc) is 3.01. The second-order valence-electron chi connectivity index (χ2n) is 5.37. The molecule has 106 valence electrons. The van der Waals surface area contributed by atoms with Crippen molar-refractivity contribution in [1.29, 1.82) is 0 Å². The SMILES string of the molecule is Cn1nc(C2CCCC2)c(-c2ccc(Cl)cc2Cl)c1N. The Bertz CT molecular complexity index is 643. The number of hydrogen-bond donors (Lipinski definition) is 1. The highest BCUT2D eigenvalue weighted by atomic mass is 35.5. The van der Waals surface area contributed by atoms with E-state index in [0.29, 0.717) is 21.8 Å². The minimum absolute atomic E-state index is 0.486. The van der Waals surface area contributed by atoms with Crippen LogP contribution in [0.1, 0.15) is 37.3 Å². The minimum atomic E-state index is 0.486. The number of nitrogens with zero attached hydrogens (tertiary/aromatic N) is 2. The van der Waals surface area contributed by atoms with Gasteiger partial charge in [0.15, 0.2) is 0 Å². The van der Waals surface area contributed by atoms with Crippen LogP contribution in [0.25, 0.3) is 11.1 Å². The Balaban J connectivity index is 2.16. The first-order chi connectivity index (χ1) is 9.58. The number of anilines is 1. The highest BCUT2D eigenvalue weighted by Crippen LogP contribution is 2.43. The Kier molecular flexibility index (Phi) is 3.65. The average molecular weight is 310 g/mol. The lowest BCUT2D eigenvalue weighted by Crippen LogP contribution is -1.98. The summed E-state index contributed by atoms with van der Waals surface area (Å²) >= 11 is 12.3. The van der Waals surface area contributed by atoms with Crippen molar-refractivity contribution in [2.75, 3.05) is 5.73 Å². The maximum Gasteiger partial charge on any atom is 0.129 e. The van der Waals surface area contributed by atoms with Gasteiger partial charge in [-0.25, -0.2) is 0 Å². The summed E-state index contributed by atoms with van der Waals surface area (Å²) in [5.41, 5.74) is 9.19. The molecule has 0 aliphatic heterocycles. The maximum atomic E-state index is 6.35. The monoisotopic (exact) mass is 309 g/mol. The molecule has 2 aromatic rings. The standard InChI is InChI=1S/C15H17Cl2N3/c1-20-15(18)13(11-7-6-10(16)8-12(11)17)14(19-20)9-4-2-3-5-9/h6-9H,2-5,18H2,1H3. The van der Waals surface area contributed by atoms with Crippen LogP contribution >= 0.6 is 23.2 Å². The van der Waals surface area contributed by atoms with E-state index in [1.54, 1.807) is 10.7 Å². The lowest BCUT2D eigenvalue weighted by atomic mass is 9.95. The van der Waals surface area contributed by atoms with Gasteiger partial charge in [0.2, 0.25) is 0 Å². The number of nitrogens with two attached hydrogens (primary N) is 1. The third kappa shape index (κ3) is 2.29. The van der Waals surface area contributed by atoms with Gasteiger partial charge in [0, 0.05) is 29.1 Å². The smallest absolute Gasteiger partial charge is 0.129 e. The maximum absolute atomic E-state index is 6.35. The van der Waals surface area contributed by atoms with Crippen LogP contribution in [0, 0.1) is 0 Å². The number of hydrogen-bond acceptors (Lipinski definition) is 2. The molecule has 1 heterocycles. The van der Waals surface area contributed by atoms with E-state index in [2.05, 4.69) is 5.10 Å². The lowest BCUT2D eigenvalue weighted by molar-refractivity contribution is 0.661. The van der Waals surface area contributed by atoms with E-state index in [0.717, 1.165) is 16.8 Å². The largest absolute Gasteiger partial charge is 0.383 e. The summed E-state index contributed by atoms with van der Waals surface area (Å²) in [6, 6.07) is 5.52. The van der Waals surface area contributed by atoms with E-state index in [-0.39, 0.29) is 0 Å². The van der Waals surface area contributed by atoms with Crippen LogP contribution < -0.4 is 5.73 Å². The van der Waals surface area contributed by atoms with Gasteiger partial charge in [-0.05, 0) is 25.0 Å². The molecule has 0 radical (unpaired) electrons. The van der Waals surface area contributed by atoms with Gasteiger partial charge >= 0.3 is 0 Å². The molecule has 1 fully saturated rings. The van der Waals surface area contributed by atoms with Crippen molar-refractivity contribution in [3.05, 3.63) is 33.9 Å². The lowest BCUT2D eigenvalue weighted by Gasteiger charge is -2.11. The number of aryl methyl sites for hydroxylation is 1. The van der Waals surface area contributed by atoms with Gasteiger partial charge < -0.3 is 5.73 Å². The number of aromatic nitrogens is 2. The van der Waals surface area contributed by atoms with E-state index in [1.807, 2.05) is 19.2 Å². The second-order valence-corrected chi connectivity index (χ2v) is 6.22. The summed E-state index contributed by atoms with van der Waals surface area (Å²) in [6.45, 7) is 0. The molecule has 3 nitrogen and oxygen atoms in total. The molecule has 0 unspecified atom stereocenters. The normalized spacial score (nSPS) is 15.9. The number of rotatable bonds is 2. The Morgan fingerprint density at radius 3 is 2.60 bits per heavy atom. The second kappa shape index (κ2) is 5.30. The molecule has 3 rings (SSSR count). The molecule has 2 N–H and O–H groups in total. The quantitative estimate of drug-likeness (QED) is 0.878. The Hall–Kier alpha value is -1.19. The van der Waals surface area contributed by atoms with Crippen LogP contribution in [0.4, 0.5) is 5.82 Å². The third-order valence-corrected chi connectivity index (χ3v) is 4.61. The predicted octanol–water partition coefficient (Wildman–Crippen LogP) is 4.63. The molecule has 5 heteroatoms. The summed E-state index contributed by atoms with van der Waals surface area (Å²) in [7, 11) is 1.88. The van der Waals surface area contributed by atoms with Gasteiger partial charge in [-0.15, -0.1) is 0 Å². The van der Waals surface area contributed by atoms with E-state index in [1.165, 1.54) is 25.7 Å². The molecular formula is C15H17Cl2N3. The van der Waals surface area contributed by atoms with Crippen molar-refractivity contribution in [1.82, 2.24) is 9.78 Å². The van der Waals surface area contributed by atoms with E-state index in [9.17, 15) is 0 Å². The molecule has 1 aromatic heterocycles.